The molecule has 0 heterocycles. The highest BCUT2D eigenvalue weighted by Crippen LogP contribution is 2.17. The van der Waals surface area contributed by atoms with E-state index in [4.69, 9.17) is 11.5 Å². The summed E-state index contributed by atoms with van der Waals surface area (Å²) in [5.74, 6) is 0. The Bertz CT molecular complexity index is 850. The van der Waals surface area contributed by atoms with Gasteiger partial charge in [-0.2, -0.15) is 0 Å². The van der Waals surface area contributed by atoms with Gasteiger partial charge in [-0.1, -0.05) is 24.3 Å². The molecule has 2 aromatic carbocycles. The number of rotatable bonds is 7. The molecule has 0 amide bonds. The largest absolute Gasteiger partial charge is 0.398 e. The van der Waals surface area contributed by atoms with Gasteiger partial charge in [0.05, 0.1) is 11.4 Å². The van der Waals surface area contributed by atoms with Crippen molar-refractivity contribution in [3.63, 3.8) is 0 Å². The average molecular weight is 370 g/mol. The van der Waals surface area contributed by atoms with Gasteiger partial charge in [0.2, 0.25) is 20.0 Å². The topological polar surface area (TPSA) is 144 Å². The van der Waals surface area contributed by atoms with Crippen LogP contribution >= 0.6 is 0 Å². The third-order valence-corrected chi connectivity index (χ3v) is 6.20. The zero-order valence-corrected chi connectivity index (χ0v) is 14.3. The van der Waals surface area contributed by atoms with Crippen molar-refractivity contribution in [1.29, 1.82) is 0 Å². The van der Waals surface area contributed by atoms with E-state index in [2.05, 4.69) is 9.44 Å². The maximum absolute atomic E-state index is 12.1. The van der Waals surface area contributed by atoms with Gasteiger partial charge >= 0.3 is 0 Å². The summed E-state index contributed by atoms with van der Waals surface area (Å²) >= 11 is 0. The van der Waals surface area contributed by atoms with Crippen molar-refractivity contribution in [2.75, 3.05) is 24.6 Å². The summed E-state index contributed by atoms with van der Waals surface area (Å²) in [6, 6.07) is 12.0. The van der Waals surface area contributed by atoms with Crippen LogP contribution in [0.1, 0.15) is 0 Å². The number of nitrogens with two attached hydrogens (primary N) is 2. The third kappa shape index (κ3) is 4.23. The first-order chi connectivity index (χ1) is 11.2. The van der Waals surface area contributed by atoms with Crippen LogP contribution in [-0.2, 0) is 20.0 Å². The van der Waals surface area contributed by atoms with E-state index in [9.17, 15) is 16.8 Å². The quantitative estimate of drug-likeness (QED) is 0.402. The minimum atomic E-state index is -3.82. The van der Waals surface area contributed by atoms with Gasteiger partial charge in [0.15, 0.2) is 0 Å². The number of hydrogen-bond acceptors (Lipinski definition) is 6. The number of nitrogen functional groups attached to an aromatic ring is 2. The molecule has 0 saturated carbocycles. The van der Waals surface area contributed by atoms with Crippen LogP contribution in [0.4, 0.5) is 11.4 Å². The zero-order valence-electron chi connectivity index (χ0n) is 12.6. The number of anilines is 2. The van der Waals surface area contributed by atoms with Crippen molar-refractivity contribution in [3.05, 3.63) is 48.5 Å². The number of para-hydroxylation sites is 2. The summed E-state index contributed by atoms with van der Waals surface area (Å²) in [5.41, 5.74) is 11.5. The molecule has 0 saturated heterocycles. The van der Waals surface area contributed by atoms with E-state index in [0.29, 0.717) is 0 Å². The van der Waals surface area contributed by atoms with Gasteiger partial charge in [-0.25, -0.2) is 26.3 Å². The number of hydrogen-bond donors (Lipinski definition) is 4. The Hall–Kier alpha value is -2.14. The number of benzene rings is 2. The van der Waals surface area contributed by atoms with Crippen LogP contribution in [0.2, 0.25) is 0 Å². The molecule has 0 spiro atoms. The molecular formula is C14H18N4O4S2. The molecule has 0 bridgehead atoms. The standard InChI is InChI=1S/C14H18N4O4S2/c15-11-5-1-3-7-13(11)23(19,20)17-9-10-18-24(21,22)14-8-4-2-6-12(14)16/h1-8,17-18H,9-10,15-16H2. The second-order valence-electron chi connectivity index (χ2n) is 4.87. The molecular weight excluding hydrogens is 352 g/mol. The number of nitrogens with one attached hydrogen (secondary N) is 2. The van der Waals surface area contributed by atoms with Crippen LogP contribution in [0.5, 0.6) is 0 Å². The Morgan fingerprint density at radius 1 is 0.667 bits per heavy atom. The van der Waals surface area contributed by atoms with Gasteiger partial charge in [-0.15, -0.1) is 0 Å². The normalized spacial score (nSPS) is 12.2. The Morgan fingerprint density at radius 3 is 1.33 bits per heavy atom. The predicted molar refractivity (Wildman–Crippen MR) is 92.1 cm³/mol. The summed E-state index contributed by atoms with van der Waals surface area (Å²) in [6.07, 6.45) is 0. The minimum Gasteiger partial charge on any atom is -0.398 e. The van der Waals surface area contributed by atoms with Crippen LogP contribution in [0, 0.1) is 0 Å². The third-order valence-electron chi connectivity index (χ3n) is 3.13. The first-order valence-electron chi connectivity index (χ1n) is 6.92. The lowest BCUT2D eigenvalue weighted by molar-refractivity contribution is 0.571. The maximum Gasteiger partial charge on any atom is 0.242 e. The summed E-state index contributed by atoms with van der Waals surface area (Å²) in [7, 11) is -7.63. The van der Waals surface area contributed by atoms with E-state index >= 15 is 0 Å². The van der Waals surface area contributed by atoms with Crippen molar-refractivity contribution in [1.82, 2.24) is 9.44 Å². The molecule has 10 heteroatoms. The lowest BCUT2D eigenvalue weighted by atomic mass is 10.3. The van der Waals surface area contributed by atoms with E-state index in [-0.39, 0.29) is 34.3 Å². The zero-order chi connectivity index (χ0) is 17.8. The van der Waals surface area contributed by atoms with Gasteiger partial charge in [0.25, 0.3) is 0 Å². The molecule has 8 nitrogen and oxygen atoms in total. The van der Waals surface area contributed by atoms with Gasteiger partial charge in [0, 0.05) is 13.1 Å². The van der Waals surface area contributed by atoms with E-state index < -0.39 is 20.0 Å². The molecule has 0 aliphatic carbocycles. The molecule has 2 aromatic rings. The lowest BCUT2D eigenvalue weighted by Gasteiger charge is -2.11. The van der Waals surface area contributed by atoms with Crippen LogP contribution in [0.25, 0.3) is 0 Å². The van der Waals surface area contributed by atoms with Crippen LogP contribution in [-0.4, -0.2) is 29.9 Å². The smallest absolute Gasteiger partial charge is 0.242 e. The fourth-order valence-corrected chi connectivity index (χ4v) is 4.30. The molecule has 24 heavy (non-hydrogen) atoms. The maximum atomic E-state index is 12.1. The van der Waals surface area contributed by atoms with Crippen molar-refractivity contribution >= 4 is 31.4 Å². The van der Waals surface area contributed by atoms with Crippen LogP contribution in [0.15, 0.2) is 58.3 Å². The Labute approximate surface area is 141 Å². The van der Waals surface area contributed by atoms with Gasteiger partial charge in [-0.3, -0.25) is 0 Å². The Balaban J connectivity index is 1.98. The summed E-state index contributed by atoms with van der Waals surface area (Å²) < 4.78 is 53.0. The van der Waals surface area contributed by atoms with E-state index in [1.807, 2.05) is 0 Å². The minimum absolute atomic E-state index is 0.0554. The molecule has 2 rings (SSSR count). The van der Waals surface area contributed by atoms with Gasteiger partial charge in [-0.05, 0) is 24.3 Å². The van der Waals surface area contributed by atoms with Crippen molar-refractivity contribution in [2.45, 2.75) is 9.79 Å². The van der Waals surface area contributed by atoms with Crippen molar-refractivity contribution < 1.29 is 16.8 Å². The Morgan fingerprint density at radius 2 is 1.00 bits per heavy atom. The summed E-state index contributed by atoms with van der Waals surface area (Å²) in [6.45, 7) is -0.273. The van der Waals surface area contributed by atoms with Crippen LogP contribution < -0.4 is 20.9 Å². The fraction of sp³-hybridized carbons (Fsp3) is 0.143. The molecule has 0 aliphatic heterocycles. The lowest BCUT2D eigenvalue weighted by Crippen LogP contribution is -2.35. The van der Waals surface area contributed by atoms with Gasteiger partial charge < -0.3 is 11.5 Å². The molecule has 6 N–H and O–H groups in total. The van der Waals surface area contributed by atoms with E-state index in [0.717, 1.165) is 0 Å². The van der Waals surface area contributed by atoms with E-state index in [1.54, 1.807) is 24.3 Å². The Kier molecular flexibility index (Phi) is 5.44. The second-order valence-corrected chi connectivity index (χ2v) is 8.34. The fourth-order valence-electron chi connectivity index (χ4n) is 1.98. The molecule has 0 aliphatic rings. The molecule has 130 valence electrons. The van der Waals surface area contributed by atoms with Crippen LogP contribution in [0.3, 0.4) is 0 Å². The molecule has 0 fully saturated rings. The molecule has 0 aromatic heterocycles. The molecule has 0 radical (unpaired) electrons. The van der Waals surface area contributed by atoms with Crippen molar-refractivity contribution in [3.8, 4) is 0 Å². The SMILES string of the molecule is Nc1ccccc1S(=O)(=O)NCCNS(=O)(=O)c1ccccc1N. The van der Waals surface area contributed by atoms with Gasteiger partial charge in [0.1, 0.15) is 9.79 Å². The average Bonchev–Trinajstić information content (AvgIpc) is 2.52. The number of sulfonamides is 2. The molecule has 0 unspecified atom stereocenters. The highest BCUT2D eigenvalue weighted by atomic mass is 32.2. The second kappa shape index (κ2) is 7.18. The predicted octanol–water partition coefficient (Wildman–Crippen LogP) is 0.108. The first kappa shape index (κ1) is 18.2. The monoisotopic (exact) mass is 370 g/mol. The highest BCUT2D eigenvalue weighted by Gasteiger charge is 2.18. The first-order valence-corrected chi connectivity index (χ1v) is 9.89. The van der Waals surface area contributed by atoms with Crippen molar-refractivity contribution in [2.24, 2.45) is 0 Å². The summed E-state index contributed by atoms with van der Waals surface area (Å²) in [5, 5.41) is 0. The summed E-state index contributed by atoms with van der Waals surface area (Å²) in [4.78, 5) is -0.111. The highest BCUT2D eigenvalue weighted by molar-refractivity contribution is 7.90. The molecule has 0 atom stereocenters. The van der Waals surface area contributed by atoms with E-state index in [1.165, 1.54) is 24.3 Å².